The van der Waals surface area contributed by atoms with E-state index in [9.17, 15) is 9.18 Å². The first-order valence-corrected chi connectivity index (χ1v) is 4.94. The van der Waals surface area contributed by atoms with Gasteiger partial charge in [-0.25, -0.2) is 4.39 Å². The second-order valence-electron chi connectivity index (χ2n) is 3.21. The number of anilines is 1. The van der Waals surface area contributed by atoms with Crippen LogP contribution in [0.25, 0.3) is 0 Å². The topological polar surface area (TPSA) is 46.3 Å². The van der Waals surface area contributed by atoms with E-state index in [0.717, 1.165) is 0 Å². The molecular formula is C11H15FN2O. The number of carbonyl (C=O) groups excluding carboxylic acids is 1. The highest BCUT2D eigenvalue weighted by Gasteiger charge is 2.13. The molecule has 1 rings (SSSR count). The molecule has 1 aromatic carbocycles. The first-order valence-electron chi connectivity index (χ1n) is 4.94. The van der Waals surface area contributed by atoms with Crippen molar-refractivity contribution in [3.63, 3.8) is 0 Å². The maximum atomic E-state index is 13.1. The van der Waals surface area contributed by atoms with Gasteiger partial charge in [0, 0.05) is 18.7 Å². The van der Waals surface area contributed by atoms with Crippen molar-refractivity contribution in [3.05, 3.63) is 29.6 Å². The van der Waals surface area contributed by atoms with Crippen LogP contribution in [-0.4, -0.2) is 23.9 Å². The van der Waals surface area contributed by atoms with Gasteiger partial charge in [0.05, 0.1) is 5.69 Å². The van der Waals surface area contributed by atoms with E-state index < -0.39 is 5.82 Å². The van der Waals surface area contributed by atoms with Crippen LogP contribution in [-0.2, 0) is 0 Å². The van der Waals surface area contributed by atoms with Gasteiger partial charge in [0.1, 0.15) is 5.82 Å². The van der Waals surface area contributed by atoms with Gasteiger partial charge in [-0.3, -0.25) is 4.79 Å². The molecule has 1 aromatic rings. The van der Waals surface area contributed by atoms with Gasteiger partial charge < -0.3 is 10.6 Å². The van der Waals surface area contributed by atoms with Gasteiger partial charge in [0.15, 0.2) is 0 Å². The SMILES string of the molecule is CCN(CC)C(=O)c1ccc(N)c(F)c1. The number of rotatable bonds is 3. The molecule has 2 N–H and O–H groups in total. The zero-order chi connectivity index (χ0) is 11.4. The van der Waals surface area contributed by atoms with Gasteiger partial charge in [-0.05, 0) is 32.0 Å². The Balaban J connectivity index is 2.96. The number of halogens is 1. The maximum Gasteiger partial charge on any atom is 0.253 e. The summed E-state index contributed by atoms with van der Waals surface area (Å²) in [4.78, 5) is 13.4. The molecule has 0 unspecified atom stereocenters. The van der Waals surface area contributed by atoms with Crippen LogP contribution in [0.3, 0.4) is 0 Å². The lowest BCUT2D eigenvalue weighted by molar-refractivity contribution is 0.0772. The van der Waals surface area contributed by atoms with Gasteiger partial charge in [-0.15, -0.1) is 0 Å². The summed E-state index contributed by atoms with van der Waals surface area (Å²) in [6.07, 6.45) is 0. The van der Waals surface area contributed by atoms with Crippen molar-refractivity contribution in [2.75, 3.05) is 18.8 Å². The van der Waals surface area contributed by atoms with Gasteiger partial charge >= 0.3 is 0 Å². The summed E-state index contributed by atoms with van der Waals surface area (Å²) in [5.74, 6) is -0.716. The summed E-state index contributed by atoms with van der Waals surface area (Å²) in [6, 6.07) is 4.13. The normalized spacial score (nSPS) is 10.1. The summed E-state index contributed by atoms with van der Waals surface area (Å²) in [6.45, 7) is 4.99. The molecule has 82 valence electrons. The molecule has 15 heavy (non-hydrogen) atoms. The lowest BCUT2D eigenvalue weighted by Gasteiger charge is -2.18. The van der Waals surface area contributed by atoms with E-state index in [4.69, 9.17) is 5.73 Å². The molecule has 0 aliphatic carbocycles. The fourth-order valence-corrected chi connectivity index (χ4v) is 1.35. The first-order chi connectivity index (χ1) is 7.10. The third-order valence-corrected chi connectivity index (χ3v) is 2.30. The highest BCUT2D eigenvalue weighted by molar-refractivity contribution is 5.94. The monoisotopic (exact) mass is 210 g/mol. The number of hydrogen-bond acceptors (Lipinski definition) is 2. The first kappa shape index (κ1) is 11.5. The number of benzene rings is 1. The van der Waals surface area contributed by atoms with Crippen molar-refractivity contribution in [1.29, 1.82) is 0 Å². The molecular weight excluding hydrogens is 195 g/mol. The molecule has 1 amide bonds. The van der Waals surface area contributed by atoms with Crippen LogP contribution in [0.1, 0.15) is 24.2 Å². The van der Waals surface area contributed by atoms with Crippen molar-refractivity contribution in [2.24, 2.45) is 0 Å². The number of nitrogen functional groups attached to an aromatic ring is 1. The van der Waals surface area contributed by atoms with Gasteiger partial charge in [0.2, 0.25) is 0 Å². The van der Waals surface area contributed by atoms with E-state index in [0.29, 0.717) is 18.7 Å². The highest BCUT2D eigenvalue weighted by Crippen LogP contribution is 2.13. The predicted octanol–water partition coefficient (Wildman–Crippen LogP) is 1.89. The average Bonchev–Trinajstić information content (AvgIpc) is 2.23. The van der Waals surface area contributed by atoms with Crippen LogP contribution >= 0.6 is 0 Å². The van der Waals surface area contributed by atoms with Gasteiger partial charge in [-0.1, -0.05) is 0 Å². The quantitative estimate of drug-likeness (QED) is 0.774. The predicted molar refractivity (Wildman–Crippen MR) is 58.1 cm³/mol. The Morgan fingerprint density at radius 1 is 1.40 bits per heavy atom. The zero-order valence-electron chi connectivity index (χ0n) is 8.96. The Morgan fingerprint density at radius 3 is 2.47 bits per heavy atom. The minimum atomic E-state index is -0.548. The van der Waals surface area contributed by atoms with Crippen LogP contribution in [0.5, 0.6) is 0 Å². The van der Waals surface area contributed by atoms with Crippen LogP contribution in [0.4, 0.5) is 10.1 Å². The maximum absolute atomic E-state index is 13.1. The third-order valence-electron chi connectivity index (χ3n) is 2.30. The molecule has 0 aliphatic rings. The van der Waals surface area contributed by atoms with E-state index in [2.05, 4.69) is 0 Å². The minimum absolute atomic E-state index is 0.0612. The summed E-state index contributed by atoms with van der Waals surface area (Å²) < 4.78 is 13.1. The number of amides is 1. The second-order valence-corrected chi connectivity index (χ2v) is 3.21. The largest absolute Gasteiger partial charge is 0.396 e. The number of nitrogens with zero attached hydrogens (tertiary/aromatic N) is 1. The molecule has 4 heteroatoms. The van der Waals surface area contributed by atoms with Crippen LogP contribution in [0.2, 0.25) is 0 Å². The molecule has 0 heterocycles. The Hall–Kier alpha value is -1.58. The second kappa shape index (κ2) is 4.77. The van der Waals surface area contributed by atoms with E-state index in [1.54, 1.807) is 11.0 Å². The average molecular weight is 210 g/mol. The molecule has 0 radical (unpaired) electrons. The van der Waals surface area contributed by atoms with Crippen molar-refractivity contribution in [2.45, 2.75) is 13.8 Å². The number of carbonyl (C=O) groups is 1. The fourth-order valence-electron chi connectivity index (χ4n) is 1.35. The van der Waals surface area contributed by atoms with Crippen molar-refractivity contribution >= 4 is 11.6 Å². The Labute approximate surface area is 88.7 Å². The fraction of sp³-hybridized carbons (Fsp3) is 0.364. The molecule has 0 fully saturated rings. The van der Waals surface area contributed by atoms with Crippen LogP contribution in [0.15, 0.2) is 18.2 Å². The van der Waals surface area contributed by atoms with Crippen molar-refractivity contribution in [3.8, 4) is 0 Å². The standard InChI is InChI=1S/C11H15FN2O/c1-3-14(4-2)11(15)8-5-6-10(13)9(12)7-8/h5-7H,3-4,13H2,1-2H3. The zero-order valence-corrected chi connectivity index (χ0v) is 8.96. The molecule has 0 saturated heterocycles. The molecule has 0 aromatic heterocycles. The molecule has 0 bridgehead atoms. The Bertz CT molecular complexity index is 362. The third kappa shape index (κ3) is 2.46. The van der Waals surface area contributed by atoms with E-state index in [1.165, 1.54) is 12.1 Å². The summed E-state index contributed by atoms with van der Waals surface area (Å²) in [5, 5.41) is 0. The van der Waals surface area contributed by atoms with Crippen molar-refractivity contribution < 1.29 is 9.18 Å². The van der Waals surface area contributed by atoms with Gasteiger partial charge in [0.25, 0.3) is 5.91 Å². The molecule has 0 aliphatic heterocycles. The summed E-state index contributed by atoms with van der Waals surface area (Å²) >= 11 is 0. The summed E-state index contributed by atoms with van der Waals surface area (Å²) in [5.41, 5.74) is 5.73. The molecule has 3 nitrogen and oxygen atoms in total. The van der Waals surface area contributed by atoms with Crippen LogP contribution < -0.4 is 5.73 Å². The van der Waals surface area contributed by atoms with E-state index in [-0.39, 0.29) is 11.6 Å². The van der Waals surface area contributed by atoms with E-state index in [1.807, 2.05) is 13.8 Å². The smallest absolute Gasteiger partial charge is 0.253 e. The lowest BCUT2D eigenvalue weighted by Crippen LogP contribution is -2.30. The van der Waals surface area contributed by atoms with Gasteiger partial charge in [-0.2, -0.15) is 0 Å². The Kier molecular flexibility index (Phi) is 3.66. The van der Waals surface area contributed by atoms with Crippen LogP contribution in [0, 0.1) is 5.82 Å². The molecule has 0 spiro atoms. The summed E-state index contributed by atoms with van der Waals surface area (Å²) in [7, 11) is 0. The minimum Gasteiger partial charge on any atom is -0.396 e. The molecule has 0 saturated carbocycles. The number of nitrogens with two attached hydrogens (primary N) is 1. The van der Waals surface area contributed by atoms with Crippen molar-refractivity contribution in [1.82, 2.24) is 4.90 Å². The number of hydrogen-bond donors (Lipinski definition) is 1. The highest BCUT2D eigenvalue weighted by atomic mass is 19.1. The molecule has 0 atom stereocenters. The Morgan fingerprint density at radius 2 is 2.00 bits per heavy atom. The lowest BCUT2D eigenvalue weighted by atomic mass is 10.1. The van der Waals surface area contributed by atoms with E-state index >= 15 is 0 Å².